The number of ether oxygens (including phenoxy) is 1. The number of nitrogens with zero attached hydrogens (tertiary/aromatic N) is 2. The van der Waals surface area contributed by atoms with Crippen molar-refractivity contribution in [2.45, 2.75) is 17.8 Å². The number of ketones is 1. The average molecular weight is 415 g/mol. The highest BCUT2D eigenvalue weighted by atomic mass is 35.5. The molecule has 0 spiro atoms. The first-order chi connectivity index (χ1) is 13.4. The first kappa shape index (κ1) is 20.2. The summed E-state index contributed by atoms with van der Waals surface area (Å²) in [7, 11) is 3.19. The number of thioether (sulfide) groups is 1. The summed E-state index contributed by atoms with van der Waals surface area (Å²) in [5.41, 5.74) is 2.58. The third-order valence-electron chi connectivity index (χ3n) is 4.31. The van der Waals surface area contributed by atoms with E-state index in [2.05, 4.69) is 4.98 Å². The van der Waals surface area contributed by atoms with E-state index in [-0.39, 0.29) is 11.3 Å². The molecule has 0 aliphatic carbocycles. The fraction of sp³-hybridized carbons (Fsp3) is 0.190. The van der Waals surface area contributed by atoms with Crippen molar-refractivity contribution in [3.8, 4) is 5.88 Å². The highest BCUT2D eigenvalue weighted by Gasteiger charge is 2.13. The molecule has 2 aromatic carbocycles. The Balaban J connectivity index is 1.73. The topological polar surface area (TPSA) is 61.2 Å². The molecule has 0 saturated heterocycles. The molecule has 3 aromatic rings. The number of carbonyl (C=O) groups is 1. The number of hydrogen-bond acceptors (Lipinski definition) is 5. The second-order valence-electron chi connectivity index (χ2n) is 6.21. The summed E-state index contributed by atoms with van der Waals surface area (Å²) >= 11 is 7.31. The van der Waals surface area contributed by atoms with E-state index >= 15 is 0 Å². The predicted octanol–water partition coefficient (Wildman–Crippen LogP) is 4.27. The van der Waals surface area contributed by atoms with E-state index in [4.69, 9.17) is 16.3 Å². The molecule has 0 saturated carbocycles. The van der Waals surface area contributed by atoms with Crippen LogP contribution in [0, 0.1) is 6.92 Å². The molecule has 5 nitrogen and oxygen atoms in total. The van der Waals surface area contributed by atoms with Crippen LogP contribution in [0.3, 0.4) is 0 Å². The molecular formula is C21H19ClN2O3S. The molecule has 28 heavy (non-hydrogen) atoms. The van der Waals surface area contributed by atoms with Gasteiger partial charge in [0.2, 0.25) is 5.88 Å². The van der Waals surface area contributed by atoms with E-state index in [0.29, 0.717) is 38.5 Å². The maximum absolute atomic E-state index is 12.5. The Morgan fingerprint density at radius 3 is 2.25 bits per heavy atom. The van der Waals surface area contributed by atoms with Gasteiger partial charge in [-0.1, -0.05) is 47.6 Å². The number of halogens is 1. The van der Waals surface area contributed by atoms with Gasteiger partial charge in [0, 0.05) is 29.0 Å². The minimum Gasteiger partial charge on any atom is -0.481 e. The third-order valence-corrected chi connectivity index (χ3v) is 5.67. The van der Waals surface area contributed by atoms with Crippen LogP contribution in [0.15, 0.2) is 58.5 Å². The molecule has 0 N–H and O–H groups in total. The normalized spacial score (nSPS) is 10.7. The van der Waals surface area contributed by atoms with Crippen LogP contribution >= 0.6 is 23.4 Å². The minimum absolute atomic E-state index is 0.0526. The van der Waals surface area contributed by atoms with Gasteiger partial charge in [0.1, 0.15) is 0 Å². The second-order valence-corrected chi connectivity index (χ2v) is 7.59. The van der Waals surface area contributed by atoms with E-state index in [1.807, 2.05) is 12.1 Å². The van der Waals surface area contributed by atoms with Crippen LogP contribution in [0.25, 0.3) is 0 Å². The van der Waals surface area contributed by atoms with Crippen LogP contribution < -0.4 is 10.3 Å². The largest absolute Gasteiger partial charge is 0.481 e. The molecule has 144 valence electrons. The van der Waals surface area contributed by atoms with Crippen LogP contribution in [-0.2, 0) is 12.8 Å². The zero-order valence-electron chi connectivity index (χ0n) is 15.7. The standard InChI is InChI=1S/C21H19ClN2O3S/c1-13-19(27-3)23-21(24(2)20(13)26)28-12-14-4-6-15(7-5-14)18(25)16-8-10-17(22)11-9-16/h4-11H,12H2,1-3H3. The Hall–Kier alpha value is -2.57. The maximum Gasteiger partial charge on any atom is 0.260 e. The number of methoxy groups -OCH3 is 1. The fourth-order valence-corrected chi connectivity index (χ4v) is 3.71. The van der Waals surface area contributed by atoms with Crippen molar-refractivity contribution < 1.29 is 9.53 Å². The first-order valence-corrected chi connectivity index (χ1v) is 9.90. The van der Waals surface area contributed by atoms with E-state index in [0.717, 1.165) is 5.56 Å². The van der Waals surface area contributed by atoms with Gasteiger partial charge in [-0.2, -0.15) is 4.98 Å². The van der Waals surface area contributed by atoms with Crippen molar-refractivity contribution in [2.24, 2.45) is 7.05 Å². The average Bonchev–Trinajstić information content (AvgIpc) is 2.72. The summed E-state index contributed by atoms with van der Waals surface area (Å²) in [5.74, 6) is 0.903. The molecule has 0 amide bonds. The molecule has 7 heteroatoms. The highest BCUT2D eigenvalue weighted by molar-refractivity contribution is 7.98. The smallest absolute Gasteiger partial charge is 0.260 e. The van der Waals surface area contributed by atoms with E-state index < -0.39 is 0 Å². The summed E-state index contributed by atoms with van der Waals surface area (Å²) in [6.07, 6.45) is 0. The van der Waals surface area contributed by atoms with E-state index in [9.17, 15) is 9.59 Å². The summed E-state index contributed by atoms with van der Waals surface area (Å²) < 4.78 is 6.70. The van der Waals surface area contributed by atoms with Crippen LogP contribution in [0.2, 0.25) is 5.02 Å². The Morgan fingerprint density at radius 2 is 1.68 bits per heavy atom. The van der Waals surface area contributed by atoms with Crippen molar-refractivity contribution in [3.05, 3.63) is 86.2 Å². The second kappa shape index (κ2) is 8.63. The summed E-state index contributed by atoms with van der Waals surface area (Å²) in [4.78, 5) is 29.2. The molecule has 0 radical (unpaired) electrons. The monoisotopic (exact) mass is 414 g/mol. The SMILES string of the molecule is COc1nc(SCc2ccc(C(=O)c3ccc(Cl)cc3)cc2)n(C)c(=O)c1C. The number of aromatic nitrogens is 2. The molecule has 0 aliphatic rings. The summed E-state index contributed by atoms with van der Waals surface area (Å²) in [5, 5.41) is 1.17. The molecule has 1 aromatic heterocycles. The number of carbonyl (C=O) groups excluding carboxylic acids is 1. The van der Waals surface area contributed by atoms with Gasteiger partial charge in [-0.15, -0.1) is 0 Å². The van der Waals surface area contributed by atoms with Gasteiger partial charge in [-0.3, -0.25) is 14.2 Å². The zero-order chi connectivity index (χ0) is 20.3. The lowest BCUT2D eigenvalue weighted by molar-refractivity contribution is 0.103. The van der Waals surface area contributed by atoms with Crippen LogP contribution in [-0.4, -0.2) is 22.4 Å². The number of benzene rings is 2. The van der Waals surface area contributed by atoms with E-state index in [1.54, 1.807) is 50.4 Å². The van der Waals surface area contributed by atoms with Gasteiger partial charge >= 0.3 is 0 Å². The van der Waals surface area contributed by atoms with Crippen molar-refractivity contribution >= 4 is 29.1 Å². The lowest BCUT2D eigenvalue weighted by Crippen LogP contribution is -2.23. The Morgan fingerprint density at radius 1 is 1.11 bits per heavy atom. The van der Waals surface area contributed by atoms with Crippen LogP contribution in [0.1, 0.15) is 27.0 Å². The lowest BCUT2D eigenvalue weighted by atomic mass is 10.0. The van der Waals surface area contributed by atoms with Crippen molar-refractivity contribution in [1.29, 1.82) is 0 Å². The van der Waals surface area contributed by atoms with Gasteiger partial charge in [0.25, 0.3) is 5.56 Å². The molecular weight excluding hydrogens is 396 g/mol. The molecule has 3 rings (SSSR count). The van der Waals surface area contributed by atoms with Crippen molar-refractivity contribution in [2.75, 3.05) is 7.11 Å². The molecule has 1 heterocycles. The molecule has 0 atom stereocenters. The minimum atomic E-state index is -0.127. The Labute approximate surface area is 172 Å². The zero-order valence-corrected chi connectivity index (χ0v) is 17.3. The van der Waals surface area contributed by atoms with E-state index in [1.165, 1.54) is 23.4 Å². The predicted molar refractivity (Wildman–Crippen MR) is 112 cm³/mol. The van der Waals surface area contributed by atoms with Crippen molar-refractivity contribution in [1.82, 2.24) is 9.55 Å². The number of rotatable bonds is 6. The molecule has 0 fully saturated rings. The first-order valence-electron chi connectivity index (χ1n) is 8.54. The lowest BCUT2D eigenvalue weighted by Gasteiger charge is -2.11. The third kappa shape index (κ3) is 4.29. The van der Waals surface area contributed by atoms with Crippen molar-refractivity contribution in [3.63, 3.8) is 0 Å². The summed E-state index contributed by atoms with van der Waals surface area (Å²) in [6, 6.07) is 14.2. The highest BCUT2D eigenvalue weighted by Crippen LogP contribution is 2.23. The Bertz CT molecular complexity index is 1060. The number of hydrogen-bond donors (Lipinski definition) is 0. The molecule has 0 bridgehead atoms. The maximum atomic E-state index is 12.5. The van der Waals surface area contributed by atoms with Crippen LogP contribution in [0.4, 0.5) is 0 Å². The van der Waals surface area contributed by atoms with Gasteiger partial charge in [0.05, 0.1) is 12.7 Å². The Kier molecular flexibility index (Phi) is 6.21. The molecule has 0 unspecified atom stereocenters. The van der Waals surface area contributed by atoms with Crippen LogP contribution in [0.5, 0.6) is 5.88 Å². The van der Waals surface area contributed by atoms with Gasteiger partial charge < -0.3 is 4.74 Å². The quantitative estimate of drug-likeness (QED) is 0.342. The van der Waals surface area contributed by atoms with Gasteiger partial charge in [-0.25, -0.2) is 0 Å². The van der Waals surface area contributed by atoms with Gasteiger partial charge in [0.15, 0.2) is 10.9 Å². The van der Waals surface area contributed by atoms with Gasteiger partial charge in [-0.05, 0) is 36.8 Å². The molecule has 0 aliphatic heterocycles. The summed E-state index contributed by atoms with van der Waals surface area (Å²) in [6.45, 7) is 1.69. The fourth-order valence-electron chi connectivity index (χ4n) is 2.67.